The molecule has 0 aliphatic rings. The highest BCUT2D eigenvalue weighted by Crippen LogP contribution is 2.13. The standard InChI is InChI=1S/C12H16O3S/c1-3-4-11(13)9-16(14,15)12-7-5-10(2)6-8-12/h3,5-8,11,13H,1,4,9H2,2H3. The molecule has 0 radical (unpaired) electrons. The second-order valence-corrected chi connectivity index (χ2v) is 5.81. The molecule has 0 fully saturated rings. The summed E-state index contributed by atoms with van der Waals surface area (Å²) < 4.78 is 23.7. The van der Waals surface area contributed by atoms with Gasteiger partial charge in [0.05, 0.1) is 16.8 Å². The quantitative estimate of drug-likeness (QED) is 0.797. The first-order valence-electron chi connectivity index (χ1n) is 5.04. The van der Waals surface area contributed by atoms with Crippen LogP contribution < -0.4 is 0 Å². The molecule has 3 nitrogen and oxygen atoms in total. The third-order valence-corrected chi connectivity index (χ3v) is 4.04. The molecular weight excluding hydrogens is 224 g/mol. The fraction of sp³-hybridized carbons (Fsp3) is 0.333. The van der Waals surface area contributed by atoms with Gasteiger partial charge in [-0.3, -0.25) is 0 Å². The van der Waals surface area contributed by atoms with E-state index in [0.717, 1.165) is 5.56 Å². The monoisotopic (exact) mass is 240 g/mol. The van der Waals surface area contributed by atoms with Crippen LogP contribution in [0.5, 0.6) is 0 Å². The Bertz CT molecular complexity index is 446. The Hall–Kier alpha value is -1.13. The van der Waals surface area contributed by atoms with Gasteiger partial charge in [0.1, 0.15) is 0 Å². The second kappa shape index (κ2) is 5.27. The van der Waals surface area contributed by atoms with Crippen molar-refractivity contribution in [2.75, 3.05) is 5.75 Å². The van der Waals surface area contributed by atoms with Crippen LogP contribution >= 0.6 is 0 Å². The molecule has 1 rings (SSSR count). The molecule has 1 aromatic rings. The minimum absolute atomic E-state index is 0.251. The van der Waals surface area contributed by atoms with E-state index in [1.54, 1.807) is 24.3 Å². The Balaban J connectivity index is 2.85. The number of hydrogen-bond donors (Lipinski definition) is 1. The molecule has 0 amide bonds. The first-order chi connectivity index (χ1) is 7.45. The number of hydrogen-bond acceptors (Lipinski definition) is 3. The van der Waals surface area contributed by atoms with E-state index in [1.165, 1.54) is 6.08 Å². The molecule has 0 bridgehead atoms. The van der Waals surface area contributed by atoms with E-state index >= 15 is 0 Å². The van der Waals surface area contributed by atoms with Gasteiger partial charge >= 0.3 is 0 Å². The Morgan fingerprint density at radius 3 is 2.44 bits per heavy atom. The van der Waals surface area contributed by atoms with Crippen molar-refractivity contribution < 1.29 is 13.5 Å². The van der Waals surface area contributed by atoms with Gasteiger partial charge in [0, 0.05) is 0 Å². The number of rotatable bonds is 5. The molecule has 1 aromatic carbocycles. The van der Waals surface area contributed by atoms with E-state index in [0.29, 0.717) is 0 Å². The van der Waals surface area contributed by atoms with Crippen molar-refractivity contribution in [1.82, 2.24) is 0 Å². The predicted molar refractivity (Wildman–Crippen MR) is 64.1 cm³/mol. The third-order valence-electron chi connectivity index (χ3n) is 2.23. The van der Waals surface area contributed by atoms with Gasteiger partial charge in [-0.25, -0.2) is 8.42 Å². The molecule has 0 saturated heterocycles. The highest BCUT2D eigenvalue weighted by Gasteiger charge is 2.18. The summed E-state index contributed by atoms with van der Waals surface area (Å²) in [6.07, 6.45) is 0.907. The topological polar surface area (TPSA) is 54.4 Å². The number of sulfone groups is 1. The molecule has 0 saturated carbocycles. The lowest BCUT2D eigenvalue weighted by Crippen LogP contribution is -2.20. The van der Waals surface area contributed by atoms with Crippen LogP contribution in [0.1, 0.15) is 12.0 Å². The fourth-order valence-electron chi connectivity index (χ4n) is 1.36. The van der Waals surface area contributed by atoms with Gasteiger partial charge in [0.2, 0.25) is 0 Å². The van der Waals surface area contributed by atoms with Crippen LogP contribution in [0.15, 0.2) is 41.8 Å². The third kappa shape index (κ3) is 3.47. The smallest absolute Gasteiger partial charge is 0.180 e. The molecule has 0 heterocycles. The van der Waals surface area contributed by atoms with Crippen LogP contribution in [-0.2, 0) is 9.84 Å². The molecule has 4 heteroatoms. The fourth-order valence-corrected chi connectivity index (χ4v) is 2.74. The summed E-state index contributed by atoms with van der Waals surface area (Å²) in [4.78, 5) is 0.251. The Morgan fingerprint density at radius 1 is 1.38 bits per heavy atom. The van der Waals surface area contributed by atoms with Crippen molar-refractivity contribution in [2.45, 2.75) is 24.3 Å². The number of aliphatic hydroxyl groups excluding tert-OH is 1. The number of aryl methyl sites for hydroxylation is 1. The summed E-state index contributed by atoms with van der Waals surface area (Å²) in [6, 6.07) is 6.61. The van der Waals surface area contributed by atoms with Crippen molar-refractivity contribution in [3.05, 3.63) is 42.5 Å². The van der Waals surface area contributed by atoms with Gasteiger partial charge < -0.3 is 5.11 Å². The van der Waals surface area contributed by atoms with Crippen LogP contribution in [0.3, 0.4) is 0 Å². The predicted octanol–water partition coefficient (Wildman–Crippen LogP) is 1.71. The van der Waals surface area contributed by atoms with Gasteiger partial charge in [-0.15, -0.1) is 6.58 Å². The van der Waals surface area contributed by atoms with Crippen LogP contribution in [0, 0.1) is 6.92 Å². The highest BCUT2D eigenvalue weighted by molar-refractivity contribution is 7.91. The molecule has 1 atom stereocenters. The van der Waals surface area contributed by atoms with Crippen LogP contribution in [0.4, 0.5) is 0 Å². The molecule has 1 unspecified atom stereocenters. The maximum atomic E-state index is 11.8. The average molecular weight is 240 g/mol. The first-order valence-corrected chi connectivity index (χ1v) is 6.69. The average Bonchev–Trinajstić information content (AvgIpc) is 2.17. The first kappa shape index (κ1) is 12.9. The lowest BCUT2D eigenvalue weighted by molar-refractivity contribution is 0.201. The van der Waals surface area contributed by atoms with Crippen LogP contribution in [0.25, 0.3) is 0 Å². The lowest BCUT2D eigenvalue weighted by atomic mass is 10.2. The second-order valence-electron chi connectivity index (χ2n) is 3.77. The minimum Gasteiger partial charge on any atom is -0.392 e. The van der Waals surface area contributed by atoms with E-state index in [-0.39, 0.29) is 17.1 Å². The summed E-state index contributed by atoms with van der Waals surface area (Å²) in [6.45, 7) is 5.35. The molecule has 0 aromatic heterocycles. The summed E-state index contributed by atoms with van der Waals surface area (Å²) in [5.41, 5.74) is 1.01. The molecule has 88 valence electrons. The van der Waals surface area contributed by atoms with Crippen molar-refractivity contribution in [3.63, 3.8) is 0 Å². The highest BCUT2D eigenvalue weighted by atomic mass is 32.2. The SMILES string of the molecule is C=CCC(O)CS(=O)(=O)c1ccc(C)cc1. The molecule has 0 aliphatic heterocycles. The largest absolute Gasteiger partial charge is 0.392 e. The Kier molecular flexibility index (Phi) is 4.26. The van der Waals surface area contributed by atoms with Crippen molar-refractivity contribution >= 4 is 9.84 Å². The van der Waals surface area contributed by atoms with Gasteiger partial charge in [0.25, 0.3) is 0 Å². The zero-order valence-electron chi connectivity index (χ0n) is 9.26. The number of aliphatic hydroxyl groups is 1. The van der Waals surface area contributed by atoms with Crippen molar-refractivity contribution in [3.8, 4) is 0 Å². The van der Waals surface area contributed by atoms with Crippen LogP contribution in [0.2, 0.25) is 0 Å². The maximum absolute atomic E-state index is 11.8. The van der Waals surface area contributed by atoms with E-state index in [2.05, 4.69) is 6.58 Å². The molecule has 0 spiro atoms. The maximum Gasteiger partial charge on any atom is 0.180 e. The summed E-state index contributed by atoms with van der Waals surface area (Å²) in [7, 11) is -3.40. The van der Waals surface area contributed by atoms with E-state index in [1.807, 2.05) is 6.92 Å². The molecule has 0 aliphatic carbocycles. The van der Waals surface area contributed by atoms with E-state index in [9.17, 15) is 13.5 Å². The zero-order valence-corrected chi connectivity index (χ0v) is 10.1. The van der Waals surface area contributed by atoms with E-state index < -0.39 is 15.9 Å². The van der Waals surface area contributed by atoms with Crippen molar-refractivity contribution in [2.24, 2.45) is 0 Å². The molecule has 16 heavy (non-hydrogen) atoms. The number of benzene rings is 1. The van der Waals surface area contributed by atoms with Gasteiger partial charge in [0.15, 0.2) is 9.84 Å². The summed E-state index contributed by atoms with van der Waals surface area (Å²) in [5, 5.41) is 9.45. The minimum atomic E-state index is -3.40. The van der Waals surface area contributed by atoms with Gasteiger partial charge in [-0.2, -0.15) is 0 Å². The lowest BCUT2D eigenvalue weighted by Gasteiger charge is -2.09. The normalized spacial score (nSPS) is 13.4. The Labute approximate surface area is 96.4 Å². The molecule has 1 N–H and O–H groups in total. The zero-order chi connectivity index (χ0) is 12.2. The Morgan fingerprint density at radius 2 is 1.94 bits per heavy atom. The van der Waals surface area contributed by atoms with Crippen LogP contribution in [-0.4, -0.2) is 25.4 Å². The van der Waals surface area contributed by atoms with Gasteiger partial charge in [-0.1, -0.05) is 23.8 Å². The summed E-state index contributed by atoms with van der Waals surface area (Å²) in [5.74, 6) is -0.262. The molecular formula is C12H16O3S. The van der Waals surface area contributed by atoms with Gasteiger partial charge in [-0.05, 0) is 25.5 Å². The van der Waals surface area contributed by atoms with E-state index in [4.69, 9.17) is 0 Å². The summed E-state index contributed by atoms with van der Waals surface area (Å²) >= 11 is 0. The van der Waals surface area contributed by atoms with Crippen molar-refractivity contribution in [1.29, 1.82) is 0 Å².